The first-order valence-electron chi connectivity index (χ1n) is 6.57. The number of rotatable bonds is 0. The molecule has 0 radical (unpaired) electrons. The summed E-state index contributed by atoms with van der Waals surface area (Å²) in [6.45, 7) is 0. The van der Waals surface area contributed by atoms with Crippen LogP contribution in [0.3, 0.4) is 0 Å². The Morgan fingerprint density at radius 1 is 0.533 bits per heavy atom. The molecule has 0 fully saturated rings. The maximum absolute atomic E-state index is 2.42. The lowest BCUT2D eigenvalue weighted by Crippen LogP contribution is -2.03. The van der Waals surface area contributed by atoms with Crippen molar-refractivity contribution in [3.05, 3.63) is 34.4 Å². The molecule has 0 aliphatic heterocycles. The highest BCUT2D eigenvalue weighted by molar-refractivity contribution is 5.44. The number of hydrogen-bond donors (Lipinski definition) is 0. The summed E-state index contributed by atoms with van der Waals surface area (Å²) in [4.78, 5) is 0. The minimum Gasteiger partial charge on any atom is -0.0585 e. The van der Waals surface area contributed by atoms with E-state index in [-0.39, 0.29) is 0 Å². The lowest BCUT2D eigenvalue weighted by atomic mass is 9.88. The van der Waals surface area contributed by atoms with Crippen LogP contribution in [0, 0.1) is 0 Å². The fraction of sp³-hybridized carbons (Fsp3) is 0.600. The summed E-state index contributed by atoms with van der Waals surface area (Å²) in [6, 6.07) is 4.83. The van der Waals surface area contributed by atoms with E-state index in [0.717, 1.165) is 0 Å². The monoisotopic (exact) mass is 200 g/mol. The second kappa shape index (κ2) is 4.00. The molecular formula is C15H20. The van der Waals surface area contributed by atoms with Crippen molar-refractivity contribution >= 4 is 0 Å². The summed E-state index contributed by atoms with van der Waals surface area (Å²) >= 11 is 0. The molecule has 0 spiro atoms. The van der Waals surface area contributed by atoms with Crippen LogP contribution >= 0.6 is 0 Å². The van der Waals surface area contributed by atoms with Gasteiger partial charge in [0.05, 0.1) is 0 Å². The molecule has 0 unspecified atom stereocenters. The first-order chi connectivity index (χ1) is 7.45. The van der Waals surface area contributed by atoms with E-state index >= 15 is 0 Å². The van der Waals surface area contributed by atoms with Crippen molar-refractivity contribution in [1.29, 1.82) is 0 Å². The highest BCUT2D eigenvalue weighted by atomic mass is 14.2. The quantitative estimate of drug-likeness (QED) is 0.597. The normalized spacial score (nSPS) is 20.3. The van der Waals surface area contributed by atoms with Crippen molar-refractivity contribution < 1.29 is 0 Å². The average Bonchev–Trinajstić information content (AvgIpc) is 2.65. The summed E-state index contributed by atoms with van der Waals surface area (Å²) in [5.41, 5.74) is 6.84. The van der Waals surface area contributed by atoms with Gasteiger partial charge in [0.1, 0.15) is 0 Å². The molecule has 0 saturated carbocycles. The standard InChI is InChI=1S/C15H20/c1-2-4-8-14-12(6-3-1)10-11-13-7-5-9-15(13)14/h10-11H,1-9H2. The van der Waals surface area contributed by atoms with E-state index in [0.29, 0.717) is 0 Å². The molecule has 0 nitrogen and oxygen atoms in total. The van der Waals surface area contributed by atoms with Gasteiger partial charge in [-0.1, -0.05) is 25.0 Å². The van der Waals surface area contributed by atoms with Crippen molar-refractivity contribution in [3.63, 3.8) is 0 Å². The van der Waals surface area contributed by atoms with Gasteiger partial charge in [0.25, 0.3) is 0 Å². The fourth-order valence-electron chi connectivity index (χ4n) is 3.31. The van der Waals surface area contributed by atoms with Crippen molar-refractivity contribution in [2.24, 2.45) is 0 Å². The smallest absolute Gasteiger partial charge is 0.0270 e. The maximum atomic E-state index is 2.42. The van der Waals surface area contributed by atoms with Crippen LogP contribution in [0.5, 0.6) is 0 Å². The Kier molecular flexibility index (Phi) is 2.52. The number of fused-ring (bicyclic) bond motifs is 3. The third kappa shape index (κ3) is 1.71. The van der Waals surface area contributed by atoms with Gasteiger partial charge in [-0.3, -0.25) is 0 Å². The van der Waals surface area contributed by atoms with E-state index in [1.54, 1.807) is 22.3 Å². The van der Waals surface area contributed by atoms with Gasteiger partial charge >= 0.3 is 0 Å². The number of aryl methyl sites for hydroxylation is 2. The van der Waals surface area contributed by atoms with Crippen molar-refractivity contribution in [2.75, 3.05) is 0 Å². The first-order valence-corrected chi connectivity index (χ1v) is 6.57. The van der Waals surface area contributed by atoms with Gasteiger partial charge in [0.15, 0.2) is 0 Å². The predicted octanol–water partition coefficient (Wildman–Crippen LogP) is 3.83. The lowest BCUT2D eigenvalue weighted by molar-refractivity contribution is 0.614. The lowest BCUT2D eigenvalue weighted by Gasteiger charge is -2.17. The van der Waals surface area contributed by atoms with E-state index in [1.165, 1.54) is 57.8 Å². The second-order valence-corrected chi connectivity index (χ2v) is 5.11. The summed E-state index contributed by atoms with van der Waals surface area (Å²) in [5, 5.41) is 0. The minimum atomic E-state index is 1.34. The third-order valence-electron chi connectivity index (χ3n) is 4.12. The third-order valence-corrected chi connectivity index (χ3v) is 4.12. The second-order valence-electron chi connectivity index (χ2n) is 5.11. The molecule has 0 atom stereocenters. The Morgan fingerprint density at radius 2 is 1.07 bits per heavy atom. The molecule has 1 aromatic rings. The molecule has 3 rings (SSSR count). The van der Waals surface area contributed by atoms with Gasteiger partial charge in [-0.15, -0.1) is 0 Å². The zero-order valence-corrected chi connectivity index (χ0v) is 9.52. The van der Waals surface area contributed by atoms with Crippen LogP contribution in [-0.4, -0.2) is 0 Å². The van der Waals surface area contributed by atoms with Crippen LogP contribution in [0.2, 0.25) is 0 Å². The molecular weight excluding hydrogens is 180 g/mol. The molecule has 0 heteroatoms. The average molecular weight is 200 g/mol. The molecule has 80 valence electrons. The topological polar surface area (TPSA) is 0 Å². The van der Waals surface area contributed by atoms with Gasteiger partial charge in [-0.2, -0.15) is 0 Å². The molecule has 0 N–H and O–H groups in total. The van der Waals surface area contributed by atoms with Crippen LogP contribution in [0.25, 0.3) is 0 Å². The van der Waals surface area contributed by atoms with Gasteiger partial charge in [0, 0.05) is 0 Å². The van der Waals surface area contributed by atoms with E-state index in [2.05, 4.69) is 12.1 Å². The summed E-state index contributed by atoms with van der Waals surface area (Å²) in [5.74, 6) is 0. The molecule has 0 heterocycles. The predicted molar refractivity (Wildman–Crippen MR) is 64.3 cm³/mol. The van der Waals surface area contributed by atoms with Gasteiger partial charge in [0.2, 0.25) is 0 Å². The molecule has 0 bridgehead atoms. The molecule has 0 saturated heterocycles. The summed E-state index contributed by atoms with van der Waals surface area (Å²) in [7, 11) is 0. The summed E-state index contributed by atoms with van der Waals surface area (Å²) in [6.07, 6.45) is 12.5. The fourth-order valence-corrected chi connectivity index (χ4v) is 3.31. The summed E-state index contributed by atoms with van der Waals surface area (Å²) < 4.78 is 0. The van der Waals surface area contributed by atoms with Gasteiger partial charge in [-0.25, -0.2) is 0 Å². The zero-order chi connectivity index (χ0) is 10.1. The first kappa shape index (κ1) is 9.45. The Bertz CT molecular complexity index is 363. The van der Waals surface area contributed by atoms with Crippen LogP contribution in [-0.2, 0) is 25.7 Å². The molecule has 1 aromatic carbocycles. The molecule has 0 aromatic heterocycles. The van der Waals surface area contributed by atoms with E-state index < -0.39 is 0 Å². The number of benzene rings is 1. The van der Waals surface area contributed by atoms with Gasteiger partial charge < -0.3 is 0 Å². The van der Waals surface area contributed by atoms with Crippen LogP contribution in [0.15, 0.2) is 12.1 Å². The van der Waals surface area contributed by atoms with E-state index in [9.17, 15) is 0 Å². The van der Waals surface area contributed by atoms with Crippen molar-refractivity contribution in [1.82, 2.24) is 0 Å². The largest absolute Gasteiger partial charge is 0.0585 e. The Balaban J connectivity index is 2.04. The van der Waals surface area contributed by atoms with E-state index in [1.807, 2.05) is 0 Å². The maximum Gasteiger partial charge on any atom is -0.0270 e. The number of hydrogen-bond acceptors (Lipinski definition) is 0. The van der Waals surface area contributed by atoms with E-state index in [4.69, 9.17) is 0 Å². The SMILES string of the molecule is c1cc2c(c3c1CCCCCC3)CCC2. The zero-order valence-electron chi connectivity index (χ0n) is 9.52. The Hall–Kier alpha value is -0.780. The van der Waals surface area contributed by atoms with Crippen molar-refractivity contribution in [3.8, 4) is 0 Å². The molecule has 0 amide bonds. The Morgan fingerprint density at radius 3 is 1.80 bits per heavy atom. The van der Waals surface area contributed by atoms with Crippen LogP contribution < -0.4 is 0 Å². The molecule has 2 aliphatic rings. The Labute approximate surface area is 92.7 Å². The minimum absolute atomic E-state index is 1.34. The van der Waals surface area contributed by atoms with Crippen molar-refractivity contribution in [2.45, 2.75) is 57.8 Å². The van der Waals surface area contributed by atoms with Crippen LogP contribution in [0.1, 0.15) is 54.4 Å². The highest BCUT2D eigenvalue weighted by Gasteiger charge is 2.18. The molecule has 15 heavy (non-hydrogen) atoms. The van der Waals surface area contributed by atoms with Gasteiger partial charge in [-0.05, 0) is 67.2 Å². The van der Waals surface area contributed by atoms with Crippen LogP contribution in [0.4, 0.5) is 0 Å². The molecule has 2 aliphatic carbocycles. The highest BCUT2D eigenvalue weighted by Crippen LogP contribution is 2.31.